The molecule has 0 spiro atoms. The minimum Gasteiger partial charge on any atom is -0.324 e. The van der Waals surface area contributed by atoms with Gasteiger partial charge in [-0.3, -0.25) is 14.6 Å². The van der Waals surface area contributed by atoms with Gasteiger partial charge in [-0.25, -0.2) is 13.1 Å². The van der Waals surface area contributed by atoms with Gasteiger partial charge in [0.2, 0.25) is 0 Å². The number of hydrogen-bond donors (Lipinski definition) is 2. The fourth-order valence-electron chi connectivity index (χ4n) is 5.34. The first-order chi connectivity index (χ1) is 31.9. The smallest absolute Gasteiger partial charge is 0.160 e. The summed E-state index contributed by atoms with van der Waals surface area (Å²) in [6.07, 6.45) is 1.99. The van der Waals surface area contributed by atoms with Gasteiger partial charge in [0.15, 0.2) is 12.1 Å². The lowest BCUT2D eigenvalue weighted by Crippen LogP contribution is -2.34. The van der Waals surface area contributed by atoms with Crippen molar-refractivity contribution in [1.29, 1.82) is 0 Å². The lowest BCUT2D eigenvalue weighted by Gasteiger charge is -2.22. The zero-order valence-electron chi connectivity index (χ0n) is 42.4. The van der Waals surface area contributed by atoms with E-state index in [4.69, 9.17) is 5.73 Å². The summed E-state index contributed by atoms with van der Waals surface area (Å²) in [4.78, 5) is 24.9. The van der Waals surface area contributed by atoms with Crippen molar-refractivity contribution >= 4 is 126 Å². The van der Waals surface area contributed by atoms with Crippen molar-refractivity contribution < 1.29 is 18.0 Å². The molecule has 0 amide bonds. The molecular weight excluding hydrogens is 1230 g/mol. The number of ketones is 1. The van der Waals surface area contributed by atoms with E-state index in [9.17, 15) is 18.0 Å². The summed E-state index contributed by atoms with van der Waals surface area (Å²) in [5.41, 5.74) is 16.5. The first kappa shape index (κ1) is 64.4. The first-order valence-electron chi connectivity index (χ1n) is 22.1. The number of nitrogens with two attached hydrogens (primary N) is 1. The van der Waals surface area contributed by atoms with Crippen molar-refractivity contribution in [3.05, 3.63) is 169 Å². The molecule has 5 aromatic rings. The Morgan fingerprint density at radius 2 is 1.01 bits per heavy atom. The van der Waals surface area contributed by atoms with Crippen molar-refractivity contribution in [2.45, 2.75) is 131 Å². The Morgan fingerprint density at radius 1 is 0.609 bits per heavy atom. The molecule has 0 saturated carbocycles. The molecule has 15 heteroatoms. The third-order valence-corrected chi connectivity index (χ3v) is 17.1. The first-order valence-corrected chi connectivity index (χ1v) is 28.3. The lowest BCUT2D eigenvalue weighted by atomic mass is 10.1. The van der Waals surface area contributed by atoms with E-state index < -0.39 is 22.0 Å². The molecule has 0 unspecified atom stereocenters. The predicted octanol–water partition coefficient (Wildman–Crippen LogP) is 16.4. The Kier molecular flexibility index (Phi) is 29.0. The van der Waals surface area contributed by atoms with Crippen LogP contribution in [0.1, 0.15) is 149 Å². The van der Waals surface area contributed by atoms with E-state index in [1.54, 1.807) is 19.1 Å². The monoisotopic (exact) mass is 1300 g/mol. The van der Waals surface area contributed by atoms with Gasteiger partial charge >= 0.3 is 0 Å². The van der Waals surface area contributed by atoms with Crippen LogP contribution >= 0.6 is 79.6 Å². The van der Waals surface area contributed by atoms with Gasteiger partial charge in [-0.15, -0.1) is 0 Å². The van der Waals surface area contributed by atoms with Crippen LogP contribution in [0.5, 0.6) is 0 Å². The molecule has 69 heavy (non-hydrogen) atoms. The maximum Gasteiger partial charge on any atom is 0.160 e. The van der Waals surface area contributed by atoms with Gasteiger partial charge in [0.05, 0.1) is 38.4 Å². The molecule has 5 atom stereocenters. The summed E-state index contributed by atoms with van der Waals surface area (Å²) in [5.74, 6) is 0.104. The Hall–Kier alpha value is -2.60. The van der Waals surface area contributed by atoms with E-state index in [1.807, 2.05) is 144 Å². The van der Waals surface area contributed by atoms with Crippen LogP contribution in [0.25, 0.3) is 0 Å². The zero-order chi connectivity index (χ0) is 53.0. The number of carbonyl (C=O) groups excluding carboxylic acids is 2. The number of Topliss-reactive ketones (excluding diaryl/α,β-unsaturated/α-hetero) is 1. The van der Waals surface area contributed by atoms with Gasteiger partial charge in [0.25, 0.3) is 0 Å². The van der Waals surface area contributed by atoms with Crippen LogP contribution in [0.3, 0.4) is 0 Å². The minimum absolute atomic E-state index is 0.0343. The third kappa shape index (κ3) is 24.6. The number of rotatable bonds is 10. The van der Waals surface area contributed by atoms with Crippen LogP contribution in [0.15, 0.2) is 129 Å². The maximum atomic E-state index is 12.0. The number of hydrogen-bond acceptors (Lipinski definition) is 6. The van der Waals surface area contributed by atoms with E-state index in [0.29, 0.717) is 6.29 Å². The summed E-state index contributed by atoms with van der Waals surface area (Å²) in [6, 6.07) is 32.0. The van der Waals surface area contributed by atoms with Crippen molar-refractivity contribution in [3.63, 3.8) is 0 Å². The quantitative estimate of drug-likeness (QED) is 0.0817. The minimum atomic E-state index is -1.20. The topological polar surface area (TPSA) is 131 Å². The molecule has 0 fully saturated rings. The number of carbonyl (C=O) groups is 2. The van der Waals surface area contributed by atoms with E-state index in [1.165, 1.54) is 28.5 Å². The second-order valence-electron chi connectivity index (χ2n) is 18.2. The molecule has 0 radical (unpaired) electrons. The Labute approximate surface area is 460 Å². The van der Waals surface area contributed by atoms with Crippen molar-refractivity contribution in [2.75, 3.05) is 0 Å². The molecule has 0 aliphatic carbocycles. The lowest BCUT2D eigenvalue weighted by molar-refractivity contribution is -0.102. The highest BCUT2D eigenvalue weighted by Crippen LogP contribution is 2.25. The number of halogens is 5. The molecular formula is C54H69Br5N4O4S2. The van der Waals surface area contributed by atoms with Gasteiger partial charge in [0, 0.05) is 40.0 Å². The van der Waals surface area contributed by atoms with Crippen molar-refractivity contribution in [2.24, 2.45) is 15.1 Å². The predicted molar refractivity (Wildman–Crippen MR) is 315 cm³/mol. The van der Waals surface area contributed by atoms with Crippen LogP contribution in [0, 0.1) is 27.7 Å². The molecule has 8 nitrogen and oxygen atoms in total. The van der Waals surface area contributed by atoms with Gasteiger partial charge in [-0.2, -0.15) is 4.40 Å². The Balaban J connectivity index is 0.000000437. The fourth-order valence-corrected chi connectivity index (χ4v) is 8.03. The summed E-state index contributed by atoms with van der Waals surface area (Å²) in [6.45, 7) is 29.3. The number of nitrogens with one attached hydrogen (secondary N) is 1. The van der Waals surface area contributed by atoms with Crippen molar-refractivity contribution in [1.82, 2.24) is 4.72 Å². The van der Waals surface area contributed by atoms with Crippen LogP contribution in [-0.4, -0.2) is 41.9 Å². The molecule has 376 valence electrons. The molecule has 5 rings (SSSR count). The second-order valence-corrected chi connectivity index (χ2v) is 26.4. The van der Waals surface area contributed by atoms with Crippen LogP contribution in [-0.2, 0) is 26.8 Å². The average molecular weight is 1300 g/mol. The molecule has 0 aliphatic heterocycles. The van der Waals surface area contributed by atoms with Crippen molar-refractivity contribution in [3.8, 4) is 0 Å². The molecule has 0 saturated heterocycles. The fraction of sp³-hybridized carbons (Fsp3) is 0.370. The second kappa shape index (κ2) is 31.1. The van der Waals surface area contributed by atoms with Gasteiger partial charge < -0.3 is 5.73 Å². The highest BCUT2D eigenvalue weighted by atomic mass is 79.9. The van der Waals surface area contributed by atoms with Crippen LogP contribution < -0.4 is 10.5 Å². The zero-order valence-corrected chi connectivity index (χ0v) is 52.0. The Bertz CT molecular complexity index is 2570. The molecule has 0 aliphatic rings. The highest BCUT2D eigenvalue weighted by molar-refractivity contribution is 9.11. The van der Waals surface area contributed by atoms with Gasteiger partial charge in [-0.05, 0) is 191 Å². The Morgan fingerprint density at radius 3 is 1.42 bits per heavy atom. The number of aldehydes is 1. The van der Waals surface area contributed by atoms with E-state index >= 15 is 0 Å². The number of benzene rings is 5. The maximum absolute atomic E-state index is 12.0. The molecule has 0 aromatic heterocycles. The largest absolute Gasteiger partial charge is 0.324 e. The molecule has 3 N–H and O–H groups in total. The molecule has 0 bridgehead atoms. The average Bonchev–Trinajstić information content (AvgIpc) is 3.26. The van der Waals surface area contributed by atoms with Crippen LogP contribution in [0.4, 0.5) is 0 Å². The summed E-state index contributed by atoms with van der Waals surface area (Å²) in [5, 5.41) is 0. The standard InChI is InChI=1S/C13H20BrNOS.C13H18BrNOS.C11H12BrNO.C9H12BrN.C8H7BrO/c2*1-9-8-11(6-7-12(9)14)10(2)15-17(16)13(3,4)5;1-8-7-10(3-4-11(8)12)9(2)13-5-6-14;1-6-5-8(7(2)11)3-4-9(6)10;1-6(10)7-2-4-8(9)5-3-7/h6-8,10,15H,1-5H3;6-8H,1-5H3;3-7,9H,1-2H3;3-5,7H,11H2,1-2H3;2-5H,1H3/t10-,17+;17-;9-;7-;/m0100./s1. The highest BCUT2D eigenvalue weighted by Gasteiger charge is 2.22. The van der Waals surface area contributed by atoms with Gasteiger partial charge in [0.1, 0.15) is 11.0 Å². The number of nitrogens with zero attached hydrogens (tertiary/aromatic N) is 2. The summed E-state index contributed by atoms with van der Waals surface area (Å²) >= 11 is 17.1. The number of aliphatic imine (C=N–C) groups is 1. The van der Waals surface area contributed by atoms with E-state index in [0.717, 1.165) is 55.9 Å². The van der Waals surface area contributed by atoms with E-state index in [-0.39, 0.29) is 33.4 Å². The third-order valence-electron chi connectivity index (χ3n) is 9.83. The van der Waals surface area contributed by atoms with E-state index in [2.05, 4.69) is 132 Å². The van der Waals surface area contributed by atoms with Crippen LogP contribution in [0.2, 0.25) is 0 Å². The SMILES string of the molecule is CC(=N[S@](=O)C(C)(C)C)c1ccc(Br)c(C)c1.CC(=O)c1ccc(Br)cc1.Cc1cc([C@H](C)N)ccc1Br.Cc1cc([C@H](C)N=CC=O)ccc1Br.Cc1cc([C@H](C)N[S@](=O)C(C)(C)C)ccc1Br. The molecule has 5 aromatic carbocycles. The van der Waals surface area contributed by atoms with Gasteiger partial charge in [-0.1, -0.05) is 134 Å². The molecule has 0 heterocycles. The summed E-state index contributed by atoms with van der Waals surface area (Å²) in [7, 11) is -2.25. The summed E-state index contributed by atoms with van der Waals surface area (Å²) < 4.78 is 36.2. The number of aryl methyl sites for hydroxylation is 4. The normalized spacial score (nSPS) is 13.6.